The maximum absolute atomic E-state index is 11.0. The van der Waals surface area contributed by atoms with Crippen molar-refractivity contribution in [3.05, 3.63) is 42.0 Å². The summed E-state index contributed by atoms with van der Waals surface area (Å²) in [4.78, 5) is 26.0. The molecule has 0 aromatic carbocycles. The number of hydrogen-bond donors (Lipinski definition) is 2. The minimum atomic E-state index is -1.19. The van der Waals surface area contributed by atoms with Crippen molar-refractivity contribution in [1.82, 2.24) is 14.7 Å². The van der Waals surface area contributed by atoms with Gasteiger partial charge in [0.05, 0.1) is 0 Å². The lowest BCUT2D eigenvalue weighted by atomic mass is 10.2. The van der Waals surface area contributed by atoms with Crippen LogP contribution in [0.3, 0.4) is 0 Å². The summed E-state index contributed by atoms with van der Waals surface area (Å²) in [5.41, 5.74) is 1.15. The molecule has 0 radical (unpaired) electrons. The number of carboxylic acids is 1. The highest BCUT2D eigenvalue weighted by Crippen LogP contribution is 2.09. The van der Waals surface area contributed by atoms with Gasteiger partial charge in [0.25, 0.3) is 0 Å². The second-order valence-corrected chi connectivity index (χ2v) is 3.65. The quantitative estimate of drug-likeness (QED) is 0.787. The molecule has 0 bridgehead atoms. The zero-order valence-electron chi connectivity index (χ0n) is 9.62. The number of imidazole rings is 1. The van der Waals surface area contributed by atoms with E-state index in [9.17, 15) is 9.59 Å². The molecule has 0 aliphatic carbocycles. The highest BCUT2D eigenvalue weighted by Gasteiger charge is 2.09. The lowest BCUT2D eigenvalue weighted by Crippen LogP contribution is -2.24. The molecule has 1 amide bonds. The van der Waals surface area contributed by atoms with Gasteiger partial charge in [-0.25, -0.2) is 9.78 Å². The minimum Gasteiger partial charge on any atom is -0.477 e. The van der Waals surface area contributed by atoms with Gasteiger partial charge in [0.1, 0.15) is 11.3 Å². The van der Waals surface area contributed by atoms with Crippen LogP contribution in [0.25, 0.3) is 11.7 Å². The van der Waals surface area contributed by atoms with E-state index in [4.69, 9.17) is 5.11 Å². The molecule has 6 nitrogen and oxygen atoms in total. The van der Waals surface area contributed by atoms with Gasteiger partial charge in [-0.15, -0.1) is 0 Å². The number of nitrogens with zero attached hydrogens (tertiary/aromatic N) is 2. The van der Waals surface area contributed by atoms with Crippen LogP contribution < -0.4 is 5.32 Å². The minimum absolute atomic E-state index is 0.177. The molecule has 2 aromatic rings. The normalized spacial score (nSPS) is 11.5. The van der Waals surface area contributed by atoms with Gasteiger partial charge < -0.3 is 14.8 Å². The van der Waals surface area contributed by atoms with E-state index in [2.05, 4.69) is 10.3 Å². The molecule has 0 saturated heterocycles. The van der Waals surface area contributed by atoms with Crippen molar-refractivity contribution in [1.29, 1.82) is 0 Å². The summed E-state index contributed by atoms with van der Waals surface area (Å²) in [6.45, 7) is 1.26. The van der Waals surface area contributed by atoms with Crippen LogP contribution in [0, 0.1) is 0 Å². The zero-order chi connectivity index (χ0) is 13.1. The van der Waals surface area contributed by atoms with E-state index in [1.165, 1.54) is 13.0 Å². The maximum atomic E-state index is 11.0. The molecule has 2 heterocycles. The first-order valence-corrected chi connectivity index (χ1v) is 5.22. The highest BCUT2D eigenvalue weighted by atomic mass is 16.4. The molecule has 0 fully saturated rings. The molecule has 2 N–H and O–H groups in total. The number of aromatic nitrogens is 2. The molecule has 6 heteroatoms. The van der Waals surface area contributed by atoms with Crippen LogP contribution in [0.4, 0.5) is 0 Å². The van der Waals surface area contributed by atoms with Gasteiger partial charge in [-0.1, -0.05) is 6.07 Å². The molecule has 0 spiro atoms. The van der Waals surface area contributed by atoms with Gasteiger partial charge in [-0.2, -0.15) is 0 Å². The van der Waals surface area contributed by atoms with Gasteiger partial charge in [-0.3, -0.25) is 4.79 Å². The molecule has 18 heavy (non-hydrogen) atoms. The van der Waals surface area contributed by atoms with Crippen LogP contribution in [-0.2, 0) is 9.59 Å². The third kappa shape index (κ3) is 2.37. The van der Waals surface area contributed by atoms with Crippen molar-refractivity contribution in [3.8, 4) is 0 Å². The monoisotopic (exact) mass is 245 g/mol. The average molecular weight is 245 g/mol. The largest absolute Gasteiger partial charge is 0.477 e. The Kier molecular flexibility index (Phi) is 3.09. The Morgan fingerprint density at radius 2 is 2.22 bits per heavy atom. The molecule has 0 aliphatic rings. The topological polar surface area (TPSA) is 83.7 Å². The van der Waals surface area contributed by atoms with E-state index in [0.29, 0.717) is 11.3 Å². The summed E-state index contributed by atoms with van der Waals surface area (Å²) in [5, 5.41) is 11.3. The third-order valence-corrected chi connectivity index (χ3v) is 2.29. The Morgan fingerprint density at radius 1 is 1.44 bits per heavy atom. The second-order valence-electron chi connectivity index (χ2n) is 3.65. The zero-order valence-corrected chi connectivity index (χ0v) is 9.62. The molecule has 0 saturated carbocycles. The number of fused-ring (bicyclic) bond motifs is 1. The summed E-state index contributed by atoms with van der Waals surface area (Å²) in [7, 11) is 0. The first-order valence-electron chi connectivity index (χ1n) is 5.22. The van der Waals surface area contributed by atoms with Crippen molar-refractivity contribution in [3.63, 3.8) is 0 Å². The van der Waals surface area contributed by atoms with Crippen molar-refractivity contribution in [2.75, 3.05) is 0 Å². The van der Waals surface area contributed by atoms with Crippen LogP contribution >= 0.6 is 0 Å². The second kappa shape index (κ2) is 4.70. The molecule has 2 rings (SSSR count). The summed E-state index contributed by atoms with van der Waals surface area (Å²) < 4.78 is 1.73. The van der Waals surface area contributed by atoms with Gasteiger partial charge >= 0.3 is 5.97 Å². The maximum Gasteiger partial charge on any atom is 0.352 e. The van der Waals surface area contributed by atoms with E-state index < -0.39 is 11.9 Å². The Bertz CT molecular complexity index is 643. The fourth-order valence-corrected chi connectivity index (χ4v) is 1.58. The highest BCUT2D eigenvalue weighted by molar-refractivity contribution is 5.96. The molecular formula is C12H11N3O3. The van der Waals surface area contributed by atoms with E-state index in [0.717, 1.165) is 0 Å². The van der Waals surface area contributed by atoms with Crippen LogP contribution in [-0.4, -0.2) is 26.4 Å². The molecule has 0 atom stereocenters. The van der Waals surface area contributed by atoms with Crippen molar-refractivity contribution in [2.24, 2.45) is 0 Å². The number of pyridine rings is 1. The lowest BCUT2D eigenvalue weighted by molar-refractivity contribution is -0.134. The average Bonchev–Trinajstić information content (AvgIpc) is 2.76. The molecule has 92 valence electrons. The Hall–Kier alpha value is -2.63. The third-order valence-electron chi connectivity index (χ3n) is 2.29. The molecular weight excluding hydrogens is 234 g/mol. The number of amides is 1. The van der Waals surface area contributed by atoms with E-state index in [1.807, 2.05) is 0 Å². The van der Waals surface area contributed by atoms with Crippen LogP contribution in [0.15, 0.2) is 36.3 Å². The van der Waals surface area contributed by atoms with Crippen LogP contribution in [0.1, 0.15) is 12.6 Å². The van der Waals surface area contributed by atoms with Gasteiger partial charge in [0, 0.05) is 25.0 Å². The summed E-state index contributed by atoms with van der Waals surface area (Å²) >= 11 is 0. The number of nitrogens with one attached hydrogen (secondary N) is 1. The number of carbonyl (C=O) groups is 2. The SMILES string of the molecule is CC(=O)N/C(=C/c1cccc2nccn12)C(=O)O. The van der Waals surface area contributed by atoms with Gasteiger partial charge in [0.2, 0.25) is 5.91 Å². The summed E-state index contributed by atoms with van der Waals surface area (Å²) in [6.07, 6.45) is 4.72. The number of hydrogen-bond acceptors (Lipinski definition) is 3. The van der Waals surface area contributed by atoms with Crippen molar-refractivity contribution >= 4 is 23.6 Å². The number of carbonyl (C=O) groups excluding carboxylic acids is 1. The van der Waals surface area contributed by atoms with Crippen LogP contribution in [0.2, 0.25) is 0 Å². The lowest BCUT2D eigenvalue weighted by Gasteiger charge is -2.04. The van der Waals surface area contributed by atoms with Gasteiger partial charge in [0.15, 0.2) is 0 Å². The van der Waals surface area contributed by atoms with Crippen molar-refractivity contribution in [2.45, 2.75) is 6.92 Å². The number of carboxylic acid groups (broad SMARTS) is 1. The fraction of sp³-hybridized carbons (Fsp3) is 0.0833. The first-order chi connectivity index (χ1) is 8.58. The predicted octanol–water partition coefficient (Wildman–Crippen LogP) is 0.896. The van der Waals surface area contributed by atoms with Crippen molar-refractivity contribution < 1.29 is 14.7 Å². The Labute approximate surface area is 103 Å². The van der Waals surface area contributed by atoms with E-state index in [-0.39, 0.29) is 5.70 Å². The van der Waals surface area contributed by atoms with E-state index in [1.54, 1.807) is 35.0 Å². The summed E-state index contributed by atoms with van der Waals surface area (Å²) in [5.74, 6) is -1.62. The number of aliphatic carboxylic acids is 1. The fourth-order valence-electron chi connectivity index (χ4n) is 1.58. The van der Waals surface area contributed by atoms with Gasteiger partial charge in [-0.05, 0) is 18.2 Å². The van der Waals surface area contributed by atoms with E-state index >= 15 is 0 Å². The Morgan fingerprint density at radius 3 is 2.89 bits per heavy atom. The standard InChI is InChI=1S/C12H11N3O3/c1-8(16)14-10(12(17)18)7-9-3-2-4-11-13-5-6-15(9)11/h2-7H,1H3,(H,14,16)(H,17,18)/b10-7+. The summed E-state index contributed by atoms with van der Waals surface area (Å²) in [6, 6.07) is 5.30. The first kappa shape index (κ1) is 11.8. The molecule has 0 unspecified atom stereocenters. The Balaban J connectivity index is 2.49. The predicted molar refractivity (Wildman–Crippen MR) is 64.6 cm³/mol. The molecule has 2 aromatic heterocycles. The van der Waals surface area contributed by atoms with Crippen LogP contribution in [0.5, 0.6) is 0 Å². The smallest absolute Gasteiger partial charge is 0.352 e. The number of rotatable bonds is 3. The molecule has 0 aliphatic heterocycles.